The summed E-state index contributed by atoms with van der Waals surface area (Å²) in [4.78, 5) is 10.8. The van der Waals surface area contributed by atoms with E-state index in [0.717, 1.165) is 62.7 Å². The van der Waals surface area contributed by atoms with Crippen molar-refractivity contribution in [1.82, 2.24) is 0 Å². The summed E-state index contributed by atoms with van der Waals surface area (Å²) in [6.45, 7) is 13.4. The van der Waals surface area contributed by atoms with Crippen LogP contribution in [0.4, 0.5) is 13.2 Å². The Labute approximate surface area is 270 Å². The third-order valence-corrected chi connectivity index (χ3v) is 13.7. The Kier molecular flexibility index (Phi) is 12.0. The number of alkyl halides is 3. The smallest absolute Gasteiger partial charge is 0.384 e. The lowest BCUT2D eigenvalue weighted by Crippen LogP contribution is -2.40. The summed E-state index contributed by atoms with van der Waals surface area (Å²) in [5.41, 5.74) is 1.59. The largest absolute Gasteiger partial charge is 0.392 e. The Balaban J connectivity index is 1.28. The molecule has 1 saturated heterocycles. The van der Waals surface area contributed by atoms with Gasteiger partial charge in [0.2, 0.25) is 0 Å². The first-order valence-electron chi connectivity index (χ1n) is 18.5. The molecule has 1 heterocycles. The quantitative estimate of drug-likeness (QED) is 0.192. The van der Waals surface area contributed by atoms with E-state index in [1.165, 1.54) is 32.1 Å². The lowest BCUT2D eigenvalue weighted by Gasteiger charge is -2.43. The Morgan fingerprint density at radius 1 is 1.02 bits per heavy atom. The molecular weight excluding hydrogens is 575 g/mol. The van der Waals surface area contributed by atoms with Gasteiger partial charge in [0.15, 0.2) is 0 Å². The first kappa shape index (κ1) is 35.1. The first-order chi connectivity index (χ1) is 21.5. The number of nitroso groups, excluding NO2 is 1. The predicted octanol–water partition coefficient (Wildman–Crippen LogP) is 10.2. The van der Waals surface area contributed by atoms with Gasteiger partial charge in [0.1, 0.15) is 0 Å². The van der Waals surface area contributed by atoms with Crippen LogP contribution < -0.4 is 0 Å². The summed E-state index contributed by atoms with van der Waals surface area (Å²) < 4.78 is 49.3. The fourth-order valence-electron chi connectivity index (χ4n) is 10.8. The van der Waals surface area contributed by atoms with E-state index in [1.54, 1.807) is 0 Å². The van der Waals surface area contributed by atoms with Crippen LogP contribution in [0.5, 0.6) is 0 Å². The molecule has 0 aromatic carbocycles. The van der Waals surface area contributed by atoms with Gasteiger partial charge in [0.25, 0.3) is 0 Å². The van der Waals surface area contributed by atoms with Crippen LogP contribution in [0.2, 0.25) is 0 Å². The SMILES string of the molecule is C=C(C1CCC(C2CCC(CN=O)C2)C(C(F)(F)F)C1)C(O)C1=CC(C(C)C2CC(C3CCOC3)CCC2CC)CC(C)CC1. The second-order valence-corrected chi connectivity index (χ2v) is 16.2. The molecule has 0 aromatic heterocycles. The lowest BCUT2D eigenvalue weighted by atomic mass is 9.62. The van der Waals surface area contributed by atoms with Gasteiger partial charge in [-0.15, -0.1) is 0 Å². The monoisotopic (exact) mass is 635 g/mol. The van der Waals surface area contributed by atoms with Crippen molar-refractivity contribution >= 4 is 0 Å². The number of hydrogen-bond acceptors (Lipinski definition) is 4. The molecule has 1 N–H and O–H groups in total. The van der Waals surface area contributed by atoms with Gasteiger partial charge in [-0.3, -0.25) is 0 Å². The van der Waals surface area contributed by atoms with E-state index in [4.69, 9.17) is 4.74 Å². The minimum atomic E-state index is -4.27. The number of allylic oxidation sites excluding steroid dienone is 1. The van der Waals surface area contributed by atoms with Crippen molar-refractivity contribution < 1.29 is 23.0 Å². The van der Waals surface area contributed by atoms with Crippen molar-refractivity contribution in [1.29, 1.82) is 0 Å². The zero-order chi connectivity index (χ0) is 32.3. The number of aliphatic hydroxyl groups is 1. The van der Waals surface area contributed by atoms with Gasteiger partial charge < -0.3 is 9.84 Å². The van der Waals surface area contributed by atoms with E-state index < -0.39 is 24.1 Å². The molecule has 0 aromatic rings. The maximum atomic E-state index is 14.5. The normalized spacial score (nSPS) is 41.2. The van der Waals surface area contributed by atoms with Crippen LogP contribution in [0.15, 0.2) is 29.0 Å². The average molecular weight is 636 g/mol. The summed E-state index contributed by atoms with van der Waals surface area (Å²) >= 11 is 0. The van der Waals surface area contributed by atoms with Crippen LogP contribution >= 0.6 is 0 Å². The molecule has 13 atom stereocenters. The molecule has 45 heavy (non-hydrogen) atoms. The number of rotatable bonds is 10. The molecule has 4 aliphatic carbocycles. The summed E-state index contributed by atoms with van der Waals surface area (Å²) in [5.74, 6) is 2.26. The number of hydrogen-bond donors (Lipinski definition) is 1. The molecule has 7 heteroatoms. The number of ether oxygens (including phenoxy) is 1. The Morgan fingerprint density at radius 2 is 1.80 bits per heavy atom. The molecule has 256 valence electrons. The van der Waals surface area contributed by atoms with Crippen LogP contribution in [-0.4, -0.2) is 37.1 Å². The van der Waals surface area contributed by atoms with Gasteiger partial charge in [-0.05, 0) is 160 Å². The van der Waals surface area contributed by atoms with Crippen LogP contribution in [0.25, 0.3) is 0 Å². The molecule has 3 saturated carbocycles. The molecule has 4 fully saturated rings. The van der Waals surface area contributed by atoms with Crippen LogP contribution in [0.3, 0.4) is 0 Å². The highest BCUT2D eigenvalue weighted by Crippen LogP contribution is 2.53. The van der Waals surface area contributed by atoms with E-state index in [2.05, 4.69) is 38.6 Å². The fraction of sp³-hybridized carbons (Fsp3) is 0.895. The maximum Gasteiger partial charge on any atom is 0.392 e. The summed E-state index contributed by atoms with van der Waals surface area (Å²) in [7, 11) is 0. The zero-order valence-electron chi connectivity index (χ0n) is 28.2. The Morgan fingerprint density at radius 3 is 2.49 bits per heavy atom. The highest BCUT2D eigenvalue weighted by Gasteiger charge is 2.51. The average Bonchev–Trinajstić information content (AvgIpc) is 3.70. The van der Waals surface area contributed by atoms with Gasteiger partial charge in [0, 0.05) is 13.2 Å². The molecule has 0 radical (unpaired) electrons. The summed E-state index contributed by atoms with van der Waals surface area (Å²) in [5, 5.41) is 14.8. The van der Waals surface area contributed by atoms with Crippen molar-refractivity contribution in [2.45, 2.75) is 123 Å². The van der Waals surface area contributed by atoms with Crippen LogP contribution in [0.1, 0.15) is 111 Å². The molecule has 0 amide bonds. The fourth-order valence-corrected chi connectivity index (χ4v) is 10.8. The van der Waals surface area contributed by atoms with E-state index >= 15 is 0 Å². The summed E-state index contributed by atoms with van der Waals surface area (Å²) in [6, 6.07) is 0. The second-order valence-electron chi connectivity index (χ2n) is 16.2. The first-order valence-corrected chi connectivity index (χ1v) is 18.5. The maximum absolute atomic E-state index is 14.5. The van der Waals surface area contributed by atoms with Gasteiger partial charge in [-0.1, -0.05) is 45.0 Å². The Hall–Kier alpha value is -1.21. The van der Waals surface area contributed by atoms with Crippen molar-refractivity contribution in [3.8, 4) is 0 Å². The lowest BCUT2D eigenvalue weighted by molar-refractivity contribution is -0.205. The van der Waals surface area contributed by atoms with E-state index in [0.29, 0.717) is 54.4 Å². The van der Waals surface area contributed by atoms with Gasteiger partial charge in [-0.25, -0.2) is 0 Å². The number of aliphatic hydroxyl groups excluding tert-OH is 1. The molecule has 5 rings (SSSR count). The van der Waals surface area contributed by atoms with Gasteiger partial charge >= 0.3 is 6.18 Å². The third kappa shape index (κ3) is 8.27. The molecule has 0 spiro atoms. The Bertz CT molecular complexity index is 1020. The van der Waals surface area contributed by atoms with Crippen molar-refractivity contribution in [2.24, 2.45) is 76.2 Å². The molecule has 13 unspecified atom stereocenters. The standard InChI is InChI=1S/C38H60F3NO3/c1-5-27-10-11-29(32-14-15-45-22-32)19-35(27)24(3)33-16-23(2)6-8-31(18-33)37(43)25(4)28-12-13-34(36(20-28)38(39,40)41)30-9-7-26(17-30)21-42-44/h18,23-24,26-30,32-37,43H,4-17,19-22H2,1-3H3. The third-order valence-electron chi connectivity index (χ3n) is 13.7. The second kappa shape index (κ2) is 15.3. The minimum absolute atomic E-state index is 0.00309. The molecule has 4 nitrogen and oxygen atoms in total. The van der Waals surface area contributed by atoms with Crippen molar-refractivity contribution in [3.63, 3.8) is 0 Å². The number of nitrogens with zero attached hydrogens (tertiary/aromatic N) is 1. The topological polar surface area (TPSA) is 58.9 Å². The number of halogens is 3. The molecule has 5 aliphatic rings. The minimum Gasteiger partial charge on any atom is -0.384 e. The van der Waals surface area contributed by atoms with E-state index in [-0.39, 0.29) is 30.7 Å². The zero-order valence-corrected chi connectivity index (χ0v) is 28.2. The highest BCUT2D eigenvalue weighted by atomic mass is 19.4. The predicted molar refractivity (Wildman–Crippen MR) is 174 cm³/mol. The van der Waals surface area contributed by atoms with Crippen LogP contribution in [0, 0.1) is 75.9 Å². The van der Waals surface area contributed by atoms with Crippen molar-refractivity contribution in [3.05, 3.63) is 28.7 Å². The van der Waals surface area contributed by atoms with Crippen LogP contribution in [-0.2, 0) is 4.74 Å². The van der Waals surface area contributed by atoms with E-state index in [1.807, 2.05) is 0 Å². The molecule has 1 aliphatic heterocycles. The molecule has 0 bridgehead atoms. The summed E-state index contributed by atoms with van der Waals surface area (Å²) in [6.07, 6.45) is 9.80. The molecular formula is C38H60F3NO3. The van der Waals surface area contributed by atoms with Crippen molar-refractivity contribution in [2.75, 3.05) is 19.8 Å². The highest BCUT2D eigenvalue weighted by molar-refractivity contribution is 5.25. The van der Waals surface area contributed by atoms with Gasteiger partial charge in [0.05, 0.1) is 18.6 Å². The van der Waals surface area contributed by atoms with E-state index in [9.17, 15) is 23.2 Å². The van der Waals surface area contributed by atoms with Gasteiger partial charge in [-0.2, -0.15) is 18.1 Å².